The maximum Gasteiger partial charge on any atom is 0.319 e. The Morgan fingerprint density at radius 2 is 1.81 bits per heavy atom. The molecular weight excluding hydrogens is 344 g/mol. The maximum absolute atomic E-state index is 12.3. The molecule has 0 spiro atoms. The van der Waals surface area contributed by atoms with Crippen molar-refractivity contribution < 1.29 is 19.0 Å². The Bertz CT molecular complexity index is 734. The zero-order valence-electron chi connectivity index (χ0n) is 16.2. The molecule has 0 aliphatic rings. The average molecular weight is 372 g/mol. The molecule has 0 saturated carbocycles. The summed E-state index contributed by atoms with van der Waals surface area (Å²) in [5.41, 5.74) is 2.75. The molecule has 6 heteroatoms. The molecule has 2 amide bonds. The minimum absolute atomic E-state index is 0.285. The first-order chi connectivity index (χ1) is 13.2. The van der Waals surface area contributed by atoms with E-state index >= 15 is 0 Å². The quantitative estimate of drug-likeness (QED) is 0.609. The van der Waals surface area contributed by atoms with Crippen molar-refractivity contribution in [2.24, 2.45) is 0 Å². The van der Waals surface area contributed by atoms with E-state index in [1.807, 2.05) is 31.2 Å². The lowest BCUT2D eigenvalue weighted by Crippen LogP contribution is -2.28. The van der Waals surface area contributed by atoms with Crippen LogP contribution in [0.5, 0.6) is 11.5 Å². The Balaban J connectivity index is 1.94. The van der Waals surface area contributed by atoms with Crippen molar-refractivity contribution in [3.8, 4) is 11.5 Å². The van der Waals surface area contributed by atoms with E-state index in [0.29, 0.717) is 36.9 Å². The van der Waals surface area contributed by atoms with Crippen molar-refractivity contribution in [1.29, 1.82) is 0 Å². The first kappa shape index (κ1) is 20.6. The lowest BCUT2D eigenvalue weighted by molar-refractivity contribution is 0.121. The van der Waals surface area contributed by atoms with Gasteiger partial charge in [0.2, 0.25) is 0 Å². The van der Waals surface area contributed by atoms with Crippen LogP contribution in [-0.2, 0) is 17.9 Å². The van der Waals surface area contributed by atoms with Crippen molar-refractivity contribution in [1.82, 2.24) is 5.32 Å². The summed E-state index contributed by atoms with van der Waals surface area (Å²) in [6.07, 6.45) is 0.981. The Kier molecular flexibility index (Phi) is 8.45. The number of hydrogen-bond donors (Lipinski definition) is 2. The fourth-order valence-corrected chi connectivity index (χ4v) is 2.57. The van der Waals surface area contributed by atoms with Gasteiger partial charge in [-0.25, -0.2) is 4.79 Å². The molecule has 27 heavy (non-hydrogen) atoms. The zero-order chi connectivity index (χ0) is 19.5. The summed E-state index contributed by atoms with van der Waals surface area (Å²) in [4.78, 5) is 12.3. The van der Waals surface area contributed by atoms with Crippen LogP contribution in [-0.4, -0.2) is 26.4 Å². The highest BCUT2D eigenvalue weighted by Gasteiger charge is 2.09. The van der Waals surface area contributed by atoms with Gasteiger partial charge in [0.05, 0.1) is 20.3 Å². The molecule has 2 N–H and O–H groups in total. The number of carbonyl (C=O) groups excluding carboxylic acids is 1. The first-order valence-corrected chi connectivity index (χ1v) is 9.18. The van der Waals surface area contributed by atoms with Crippen LogP contribution in [0.3, 0.4) is 0 Å². The highest BCUT2D eigenvalue weighted by Crippen LogP contribution is 2.30. The van der Waals surface area contributed by atoms with E-state index in [0.717, 1.165) is 24.2 Å². The molecule has 2 aromatic carbocycles. The summed E-state index contributed by atoms with van der Waals surface area (Å²) in [6, 6.07) is 12.9. The highest BCUT2D eigenvalue weighted by atomic mass is 16.5. The van der Waals surface area contributed by atoms with E-state index in [1.54, 1.807) is 25.3 Å². The van der Waals surface area contributed by atoms with E-state index in [1.165, 1.54) is 0 Å². The molecule has 6 nitrogen and oxygen atoms in total. The first-order valence-electron chi connectivity index (χ1n) is 9.18. The maximum atomic E-state index is 12.3. The van der Waals surface area contributed by atoms with Gasteiger partial charge in [0.15, 0.2) is 11.5 Å². The SMILES string of the molecule is CCCOCc1ccccc1CNC(=O)Nc1ccc(OC)c(OCC)c1. The van der Waals surface area contributed by atoms with E-state index in [4.69, 9.17) is 14.2 Å². The molecule has 0 aliphatic carbocycles. The van der Waals surface area contributed by atoms with Crippen LogP contribution >= 0.6 is 0 Å². The Hall–Kier alpha value is -2.73. The van der Waals surface area contributed by atoms with Gasteiger partial charge in [-0.05, 0) is 36.6 Å². The van der Waals surface area contributed by atoms with Crippen molar-refractivity contribution >= 4 is 11.7 Å². The largest absolute Gasteiger partial charge is 0.493 e. The number of urea groups is 1. The summed E-state index contributed by atoms with van der Waals surface area (Å²) in [6.45, 7) is 6.18. The summed E-state index contributed by atoms with van der Waals surface area (Å²) in [5, 5.41) is 5.70. The third kappa shape index (κ3) is 6.49. The monoisotopic (exact) mass is 372 g/mol. The zero-order valence-corrected chi connectivity index (χ0v) is 16.2. The summed E-state index contributed by atoms with van der Waals surface area (Å²) < 4.78 is 16.4. The molecule has 2 aromatic rings. The summed E-state index contributed by atoms with van der Waals surface area (Å²) >= 11 is 0. The standard InChI is InChI=1S/C21H28N2O4/c1-4-12-26-15-17-9-7-6-8-16(17)14-22-21(24)23-18-10-11-19(25-3)20(13-18)27-5-2/h6-11,13H,4-5,12,14-15H2,1-3H3,(H2,22,23,24). The van der Waals surface area contributed by atoms with Gasteiger partial charge in [0, 0.05) is 24.9 Å². The molecule has 0 saturated heterocycles. The highest BCUT2D eigenvalue weighted by molar-refractivity contribution is 5.89. The normalized spacial score (nSPS) is 10.3. The summed E-state index contributed by atoms with van der Waals surface area (Å²) in [7, 11) is 1.58. The molecule has 0 fully saturated rings. The smallest absolute Gasteiger partial charge is 0.319 e. The Labute approximate surface area is 160 Å². The number of ether oxygens (including phenoxy) is 3. The molecule has 0 heterocycles. The lowest BCUT2D eigenvalue weighted by Gasteiger charge is -2.13. The van der Waals surface area contributed by atoms with Gasteiger partial charge < -0.3 is 24.8 Å². The van der Waals surface area contributed by atoms with Gasteiger partial charge in [-0.3, -0.25) is 0 Å². The van der Waals surface area contributed by atoms with Crippen LogP contribution < -0.4 is 20.1 Å². The number of hydrogen-bond acceptors (Lipinski definition) is 4. The van der Waals surface area contributed by atoms with Crippen molar-refractivity contribution in [3.63, 3.8) is 0 Å². The minimum Gasteiger partial charge on any atom is -0.493 e. The van der Waals surface area contributed by atoms with Crippen molar-refractivity contribution in [2.75, 3.05) is 25.6 Å². The Morgan fingerprint density at radius 1 is 1.04 bits per heavy atom. The predicted molar refractivity (Wildman–Crippen MR) is 106 cm³/mol. The number of methoxy groups -OCH3 is 1. The topological polar surface area (TPSA) is 68.8 Å². The fourth-order valence-electron chi connectivity index (χ4n) is 2.57. The van der Waals surface area contributed by atoms with Crippen LogP contribution in [0.4, 0.5) is 10.5 Å². The second-order valence-corrected chi connectivity index (χ2v) is 5.93. The molecular formula is C21H28N2O4. The molecule has 0 aromatic heterocycles. The number of benzene rings is 2. The van der Waals surface area contributed by atoms with Crippen LogP contribution in [0, 0.1) is 0 Å². The molecule has 0 aliphatic heterocycles. The van der Waals surface area contributed by atoms with Gasteiger partial charge in [0.25, 0.3) is 0 Å². The van der Waals surface area contributed by atoms with Gasteiger partial charge in [-0.1, -0.05) is 31.2 Å². The molecule has 0 radical (unpaired) electrons. The molecule has 0 atom stereocenters. The van der Waals surface area contributed by atoms with E-state index in [-0.39, 0.29) is 6.03 Å². The van der Waals surface area contributed by atoms with Crippen LogP contribution in [0.2, 0.25) is 0 Å². The third-order valence-corrected chi connectivity index (χ3v) is 3.89. The molecule has 2 rings (SSSR count). The molecule has 146 valence electrons. The number of amides is 2. The van der Waals surface area contributed by atoms with Crippen LogP contribution in [0.25, 0.3) is 0 Å². The van der Waals surface area contributed by atoms with Crippen molar-refractivity contribution in [2.45, 2.75) is 33.4 Å². The molecule has 0 bridgehead atoms. The predicted octanol–water partition coefficient (Wildman–Crippen LogP) is 4.34. The van der Waals surface area contributed by atoms with Crippen LogP contribution in [0.1, 0.15) is 31.4 Å². The van der Waals surface area contributed by atoms with Gasteiger partial charge in [-0.2, -0.15) is 0 Å². The number of anilines is 1. The fraction of sp³-hybridized carbons (Fsp3) is 0.381. The second kappa shape index (κ2) is 11.1. The Morgan fingerprint density at radius 3 is 2.52 bits per heavy atom. The van der Waals surface area contributed by atoms with Crippen molar-refractivity contribution in [3.05, 3.63) is 53.6 Å². The van der Waals surface area contributed by atoms with Gasteiger partial charge in [0.1, 0.15) is 0 Å². The van der Waals surface area contributed by atoms with Crippen LogP contribution in [0.15, 0.2) is 42.5 Å². The molecule has 0 unspecified atom stereocenters. The average Bonchev–Trinajstić information content (AvgIpc) is 2.68. The van der Waals surface area contributed by atoms with E-state index < -0.39 is 0 Å². The summed E-state index contributed by atoms with van der Waals surface area (Å²) in [5.74, 6) is 1.22. The van der Waals surface area contributed by atoms with E-state index in [2.05, 4.69) is 17.6 Å². The minimum atomic E-state index is -0.285. The van der Waals surface area contributed by atoms with Gasteiger partial charge in [-0.15, -0.1) is 0 Å². The van der Waals surface area contributed by atoms with E-state index in [9.17, 15) is 4.79 Å². The number of nitrogens with one attached hydrogen (secondary N) is 2. The van der Waals surface area contributed by atoms with Gasteiger partial charge >= 0.3 is 6.03 Å². The third-order valence-electron chi connectivity index (χ3n) is 3.89. The number of carbonyl (C=O) groups is 1. The number of rotatable bonds is 10. The lowest BCUT2D eigenvalue weighted by atomic mass is 10.1. The second-order valence-electron chi connectivity index (χ2n) is 5.93.